The highest BCUT2D eigenvalue weighted by Gasteiger charge is 2.35. The molecule has 1 atom stereocenters. The van der Waals surface area contributed by atoms with Crippen LogP contribution in [0.2, 0.25) is 0 Å². The number of H-pyrrole nitrogens is 1. The molecule has 7 heteroatoms. The number of ketones is 1. The molecule has 1 aromatic heterocycles. The summed E-state index contributed by atoms with van der Waals surface area (Å²) in [6.07, 6.45) is 3.04. The number of Topliss-reactive ketones (excluding diaryl/α,β-unsaturated/α-hetero) is 1. The Kier molecular flexibility index (Phi) is 4.80. The summed E-state index contributed by atoms with van der Waals surface area (Å²) >= 11 is 0. The minimum absolute atomic E-state index is 0.116. The van der Waals surface area contributed by atoms with Crippen molar-refractivity contribution in [2.75, 3.05) is 19.6 Å². The number of benzene rings is 1. The van der Waals surface area contributed by atoms with Crippen molar-refractivity contribution in [2.24, 2.45) is 11.8 Å². The number of nitrogens with one attached hydrogen (secondary N) is 1. The zero-order valence-corrected chi connectivity index (χ0v) is 13.3. The van der Waals surface area contributed by atoms with E-state index in [1.165, 1.54) is 25.9 Å². The number of phenols is 1. The summed E-state index contributed by atoms with van der Waals surface area (Å²) in [6, 6.07) is 4.97. The SMILES string of the molecule is O=C(C[C@@H]1CN2CCC1CC2)c1n[nH]c2cc(O)ccc12.O=CO. The number of aromatic nitrogens is 2. The summed E-state index contributed by atoms with van der Waals surface area (Å²) in [5.41, 5.74) is 1.23. The molecule has 3 fully saturated rings. The van der Waals surface area contributed by atoms with E-state index in [0.29, 0.717) is 29.5 Å². The molecule has 3 saturated heterocycles. The van der Waals surface area contributed by atoms with Gasteiger partial charge in [-0.25, -0.2) is 0 Å². The highest BCUT2D eigenvalue weighted by molar-refractivity contribution is 6.06. The summed E-state index contributed by atoms with van der Waals surface area (Å²) in [7, 11) is 0. The van der Waals surface area contributed by atoms with Crippen LogP contribution in [-0.4, -0.2) is 57.2 Å². The number of carbonyl (C=O) groups is 2. The molecule has 0 spiro atoms. The van der Waals surface area contributed by atoms with E-state index in [0.717, 1.165) is 11.9 Å². The lowest BCUT2D eigenvalue weighted by molar-refractivity contribution is -0.122. The van der Waals surface area contributed by atoms with Crippen molar-refractivity contribution in [1.82, 2.24) is 15.1 Å². The molecule has 2 bridgehead atoms. The average molecular weight is 331 g/mol. The van der Waals surface area contributed by atoms with Gasteiger partial charge in [-0.05, 0) is 49.9 Å². The Labute approximate surface area is 139 Å². The first-order chi connectivity index (χ1) is 11.6. The van der Waals surface area contributed by atoms with Crippen LogP contribution in [0.5, 0.6) is 5.75 Å². The van der Waals surface area contributed by atoms with Gasteiger partial charge in [0, 0.05) is 24.4 Å². The third-order valence-corrected chi connectivity index (χ3v) is 5.05. The van der Waals surface area contributed by atoms with E-state index in [1.807, 2.05) is 0 Å². The van der Waals surface area contributed by atoms with Gasteiger partial charge < -0.3 is 15.1 Å². The monoisotopic (exact) mass is 331 g/mol. The summed E-state index contributed by atoms with van der Waals surface area (Å²) < 4.78 is 0. The Morgan fingerprint density at radius 1 is 1.38 bits per heavy atom. The van der Waals surface area contributed by atoms with Crippen LogP contribution in [0.3, 0.4) is 0 Å². The van der Waals surface area contributed by atoms with E-state index in [9.17, 15) is 9.90 Å². The minimum Gasteiger partial charge on any atom is -0.508 e. The fraction of sp³-hybridized carbons (Fsp3) is 0.471. The number of aromatic amines is 1. The molecule has 1 aromatic carbocycles. The molecule has 7 nitrogen and oxygen atoms in total. The van der Waals surface area contributed by atoms with Gasteiger partial charge in [-0.3, -0.25) is 14.7 Å². The molecule has 4 heterocycles. The van der Waals surface area contributed by atoms with Crippen molar-refractivity contribution in [3.8, 4) is 5.75 Å². The second kappa shape index (κ2) is 7.00. The molecule has 0 amide bonds. The van der Waals surface area contributed by atoms with Gasteiger partial charge in [-0.15, -0.1) is 0 Å². The molecule has 0 aliphatic carbocycles. The van der Waals surface area contributed by atoms with Crippen LogP contribution in [0.1, 0.15) is 29.8 Å². The van der Waals surface area contributed by atoms with Crippen LogP contribution >= 0.6 is 0 Å². The van der Waals surface area contributed by atoms with E-state index in [2.05, 4.69) is 15.1 Å². The maximum absolute atomic E-state index is 12.6. The topological polar surface area (TPSA) is 107 Å². The Hall–Kier alpha value is -2.41. The Bertz CT molecular complexity index is 735. The van der Waals surface area contributed by atoms with Crippen molar-refractivity contribution < 1.29 is 19.8 Å². The molecular weight excluding hydrogens is 310 g/mol. The van der Waals surface area contributed by atoms with Gasteiger partial charge in [0.15, 0.2) is 5.78 Å². The number of fused-ring (bicyclic) bond motifs is 4. The van der Waals surface area contributed by atoms with E-state index in [4.69, 9.17) is 9.90 Å². The standard InChI is InChI=1S/C16H19N3O2.CH2O2/c20-12-1-2-13-14(8-12)17-18-16(13)15(21)7-11-9-19-5-3-10(11)4-6-19;2-1-3/h1-2,8,10-11,20H,3-7,9H2,(H,17,18);1H,(H,2,3)/t11-;/m1./s1. The molecule has 128 valence electrons. The van der Waals surface area contributed by atoms with Crippen molar-refractivity contribution >= 4 is 23.2 Å². The zero-order chi connectivity index (χ0) is 17.1. The van der Waals surface area contributed by atoms with Gasteiger partial charge in [-0.2, -0.15) is 5.10 Å². The van der Waals surface area contributed by atoms with Crippen LogP contribution in [0.25, 0.3) is 10.9 Å². The van der Waals surface area contributed by atoms with Gasteiger partial charge in [0.25, 0.3) is 6.47 Å². The van der Waals surface area contributed by atoms with Crippen LogP contribution in [0.15, 0.2) is 18.2 Å². The number of rotatable bonds is 3. The number of carbonyl (C=O) groups excluding carboxylic acids is 1. The van der Waals surface area contributed by atoms with Crippen LogP contribution in [0.4, 0.5) is 0 Å². The maximum atomic E-state index is 12.6. The minimum atomic E-state index is -0.250. The van der Waals surface area contributed by atoms with Crippen molar-refractivity contribution in [1.29, 1.82) is 0 Å². The summed E-state index contributed by atoms with van der Waals surface area (Å²) in [5, 5.41) is 24.2. The van der Waals surface area contributed by atoms with E-state index in [-0.39, 0.29) is 18.0 Å². The molecule has 5 rings (SSSR count). The molecule has 0 saturated carbocycles. The number of aromatic hydroxyl groups is 1. The highest BCUT2D eigenvalue weighted by Crippen LogP contribution is 2.35. The zero-order valence-electron chi connectivity index (χ0n) is 13.3. The largest absolute Gasteiger partial charge is 0.508 e. The van der Waals surface area contributed by atoms with E-state index in [1.54, 1.807) is 18.2 Å². The second-order valence-electron chi connectivity index (χ2n) is 6.43. The summed E-state index contributed by atoms with van der Waals surface area (Å²) in [6.45, 7) is 3.19. The number of nitrogens with zero attached hydrogens (tertiary/aromatic N) is 2. The first kappa shape index (κ1) is 16.4. The van der Waals surface area contributed by atoms with Gasteiger partial charge >= 0.3 is 0 Å². The molecule has 0 radical (unpaired) electrons. The predicted molar refractivity (Wildman–Crippen MR) is 88.1 cm³/mol. The Morgan fingerprint density at radius 3 is 2.71 bits per heavy atom. The Morgan fingerprint density at radius 2 is 2.08 bits per heavy atom. The third kappa shape index (κ3) is 3.26. The second-order valence-corrected chi connectivity index (χ2v) is 6.43. The maximum Gasteiger partial charge on any atom is 0.290 e. The van der Waals surface area contributed by atoms with Gasteiger partial charge in [-0.1, -0.05) is 0 Å². The van der Waals surface area contributed by atoms with Crippen molar-refractivity contribution in [3.63, 3.8) is 0 Å². The third-order valence-electron chi connectivity index (χ3n) is 5.05. The number of piperidine rings is 3. The van der Waals surface area contributed by atoms with Crippen molar-refractivity contribution in [3.05, 3.63) is 23.9 Å². The van der Waals surface area contributed by atoms with Crippen LogP contribution in [0, 0.1) is 11.8 Å². The fourth-order valence-electron chi connectivity index (χ4n) is 3.87. The molecule has 0 unspecified atom stereocenters. The van der Waals surface area contributed by atoms with E-state index >= 15 is 0 Å². The molecule has 3 aliphatic rings. The van der Waals surface area contributed by atoms with Gasteiger partial charge in [0.05, 0.1) is 5.52 Å². The van der Waals surface area contributed by atoms with Crippen molar-refractivity contribution in [2.45, 2.75) is 19.3 Å². The Balaban J connectivity index is 0.000000526. The first-order valence-corrected chi connectivity index (χ1v) is 8.13. The van der Waals surface area contributed by atoms with Gasteiger partial charge in [0.1, 0.15) is 11.4 Å². The number of hydrogen-bond acceptors (Lipinski definition) is 5. The fourth-order valence-corrected chi connectivity index (χ4v) is 3.87. The molecule has 24 heavy (non-hydrogen) atoms. The highest BCUT2D eigenvalue weighted by atomic mass is 16.3. The average Bonchev–Trinajstić information content (AvgIpc) is 2.99. The molecule has 3 N–H and O–H groups in total. The summed E-state index contributed by atoms with van der Waals surface area (Å²) in [5.74, 6) is 1.48. The molecular formula is C17H21N3O4. The lowest BCUT2D eigenvalue weighted by atomic mass is 9.76. The number of carboxylic acid groups (broad SMARTS) is 1. The van der Waals surface area contributed by atoms with Crippen LogP contribution < -0.4 is 0 Å². The summed E-state index contributed by atoms with van der Waals surface area (Å²) in [4.78, 5) is 23.4. The molecule has 2 aromatic rings. The smallest absolute Gasteiger partial charge is 0.290 e. The first-order valence-electron chi connectivity index (χ1n) is 8.13. The van der Waals surface area contributed by atoms with E-state index < -0.39 is 0 Å². The quantitative estimate of drug-likeness (QED) is 0.586. The van der Waals surface area contributed by atoms with Gasteiger partial charge in [0.2, 0.25) is 0 Å². The van der Waals surface area contributed by atoms with Crippen LogP contribution in [-0.2, 0) is 4.79 Å². The molecule has 3 aliphatic heterocycles. The number of hydrogen-bond donors (Lipinski definition) is 3. The lowest BCUT2D eigenvalue weighted by Gasteiger charge is -2.44. The number of phenolic OH excluding ortho intramolecular Hbond substituents is 1. The predicted octanol–water partition coefficient (Wildman–Crippen LogP) is 1.88. The lowest BCUT2D eigenvalue weighted by Crippen LogP contribution is -2.47. The normalized spacial score (nSPS) is 25.1.